The van der Waals surface area contributed by atoms with E-state index in [1.165, 1.54) is 17.0 Å². The van der Waals surface area contributed by atoms with Crippen LogP contribution in [0, 0.1) is 10.1 Å². The van der Waals surface area contributed by atoms with Crippen molar-refractivity contribution in [3.05, 3.63) is 32.3 Å². The first-order chi connectivity index (χ1) is 8.36. The van der Waals surface area contributed by atoms with E-state index in [1.807, 2.05) is 0 Å². The Morgan fingerprint density at radius 3 is 2.56 bits per heavy atom. The van der Waals surface area contributed by atoms with Gasteiger partial charge in [-0.3, -0.25) is 19.7 Å². The van der Waals surface area contributed by atoms with E-state index < -0.39 is 4.92 Å². The van der Waals surface area contributed by atoms with Crippen molar-refractivity contribution < 1.29 is 14.5 Å². The van der Waals surface area contributed by atoms with Crippen molar-refractivity contribution in [2.45, 2.75) is 4.90 Å². The summed E-state index contributed by atoms with van der Waals surface area (Å²) in [6.07, 6.45) is 0.408. The molecule has 0 saturated heterocycles. The van der Waals surface area contributed by atoms with E-state index in [9.17, 15) is 19.7 Å². The molecule has 0 aliphatic carbocycles. The third kappa shape index (κ3) is 3.30. The van der Waals surface area contributed by atoms with Crippen LogP contribution in [0.5, 0.6) is 0 Å². The SMILES string of the molecule is CN(C)C(=O)Sc1cc([N+](=O)[O-])c(C=O)cc1Br. The van der Waals surface area contributed by atoms with E-state index in [4.69, 9.17) is 0 Å². The highest BCUT2D eigenvalue weighted by Gasteiger charge is 2.19. The first kappa shape index (κ1) is 14.7. The summed E-state index contributed by atoms with van der Waals surface area (Å²) in [6, 6.07) is 2.54. The van der Waals surface area contributed by atoms with Crippen molar-refractivity contribution in [1.82, 2.24) is 4.90 Å². The largest absolute Gasteiger partial charge is 0.339 e. The van der Waals surface area contributed by atoms with Gasteiger partial charge in [0.25, 0.3) is 10.9 Å². The van der Waals surface area contributed by atoms with Crippen LogP contribution in [0.2, 0.25) is 0 Å². The number of nitro benzene ring substituents is 1. The Labute approximate surface area is 116 Å². The quantitative estimate of drug-likeness (QED) is 0.368. The molecule has 0 aromatic heterocycles. The van der Waals surface area contributed by atoms with Crippen molar-refractivity contribution in [1.29, 1.82) is 0 Å². The van der Waals surface area contributed by atoms with Crippen LogP contribution < -0.4 is 0 Å². The van der Waals surface area contributed by atoms with Crippen molar-refractivity contribution in [2.75, 3.05) is 14.1 Å². The lowest BCUT2D eigenvalue weighted by Crippen LogP contribution is -2.16. The molecule has 0 aliphatic rings. The number of nitrogens with zero attached hydrogens (tertiary/aromatic N) is 2. The Balaban J connectivity index is 3.21. The van der Waals surface area contributed by atoms with Crippen molar-refractivity contribution in [2.24, 2.45) is 0 Å². The van der Waals surface area contributed by atoms with Crippen LogP contribution in [-0.2, 0) is 0 Å². The summed E-state index contributed by atoms with van der Waals surface area (Å²) in [5, 5.41) is 10.5. The van der Waals surface area contributed by atoms with E-state index in [0.717, 1.165) is 11.8 Å². The zero-order valence-electron chi connectivity index (χ0n) is 9.55. The molecule has 0 radical (unpaired) electrons. The molecule has 1 rings (SSSR count). The van der Waals surface area contributed by atoms with Crippen LogP contribution in [0.1, 0.15) is 10.4 Å². The van der Waals surface area contributed by atoms with Gasteiger partial charge in [0.15, 0.2) is 6.29 Å². The number of rotatable bonds is 3. The minimum Gasteiger partial charge on any atom is -0.339 e. The predicted octanol–water partition coefficient (Wildman–Crippen LogP) is 2.94. The fourth-order valence-corrected chi connectivity index (χ4v) is 2.38. The molecule has 18 heavy (non-hydrogen) atoms. The zero-order chi connectivity index (χ0) is 13.9. The zero-order valence-corrected chi connectivity index (χ0v) is 11.9. The lowest BCUT2D eigenvalue weighted by Gasteiger charge is -2.10. The van der Waals surface area contributed by atoms with Gasteiger partial charge in [-0.15, -0.1) is 0 Å². The van der Waals surface area contributed by atoms with E-state index >= 15 is 0 Å². The van der Waals surface area contributed by atoms with Crippen LogP contribution in [0.4, 0.5) is 10.5 Å². The standard InChI is InChI=1S/C10H9BrN2O4S/c1-12(2)10(15)18-9-4-8(13(16)17)6(5-14)3-7(9)11/h3-5H,1-2H3. The normalized spacial score (nSPS) is 9.94. The lowest BCUT2D eigenvalue weighted by atomic mass is 10.2. The number of aldehydes is 1. The van der Waals surface area contributed by atoms with Gasteiger partial charge in [0.05, 0.1) is 10.5 Å². The maximum Gasteiger partial charge on any atom is 0.285 e. The molecule has 0 atom stereocenters. The number of thioether (sulfide) groups is 1. The van der Waals surface area contributed by atoms with E-state index in [1.54, 1.807) is 14.1 Å². The molecule has 0 unspecified atom stereocenters. The number of carbonyl (C=O) groups excluding carboxylic acids is 2. The Morgan fingerprint density at radius 1 is 1.50 bits per heavy atom. The summed E-state index contributed by atoms with van der Waals surface area (Å²) >= 11 is 4.02. The number of carbonyl (C=O) groups is 2. The maximum atomic E-state index is 11.5. The summed E-state index contributed by atoms with van der Waals surface area (Å²) < 4.78 is 0.468. The molecule has 96 valence electrons. The summed E-state index contributed by atoms with van der Waals surface area (Å²) in [5.41, 5.74) is -0.351. The van der Waals surface area contributed by atoms with Crippen molar-refractivity contribution in [3.63, 3.8) is 0 Å². The first-order valence-corrected chi connectivity index (χ1v) is 6.30. The van der Waals surface area contributed by atoms with Gasteiger partial charge < -0.3 is 4.90 Å². The van der Waals surface area contributed by atoms with Crippen LogP contribution in [-0.4, -0.2) is 35.4 Å². The lowest BCUT2D eigenvalue weighted by molar-refractivity contribution is -0.385. The molecule has 1 aromatic rings. The van der Waals surface area contributed by atoms with Crippen LogP contribution in [0.3, 0.4) is 0 Å². The smallest absolute Gasteiger partial charge is 0.285 e. The van der Waals surface area contributed by atoms with E-state index in [2.05, 4.69) is 15.9 Å². The van der Waals surface area contributed by atoms with Gasteiger partial charge in [0.1, 0.15) is 0 Å². The average molecular weight is 333 g/mol. The Morgan fingerprint density at radius 2 is 2.11 bits per heavy atom. The molecule has 0 bridgehead atoms. The topological polar surface area (TPSA) is 80.5 Å². The monoisotopic (exact) mass is 332 g/mol. The molecule has 8 heteroatoms. The van der Waals surface area contributed by atoms with Gasteiger partial charge in [-0.05, 0) is 33.8 Å². The summed E-state index contributed by atoms with van der Waals surface area (Å²) in [4.78, 5) is 34.1. The Kier molecular flexibility index (Phi) is 4.85. The highest BCUT2D eigenvalue weighted by molar-refractivity contribution is 9.10. The molecule has 1 amide bonds. The van der Waals surface area contributed by atoms with Crippen LogP contribution >= 0.6 is 27.7 Å². The molecule has 0 saturated carbocycles. The van der Waals surface area contributed by atoms with Crippen molar-refractivity contribution in [3.8, 4) is 0 Å². The highest BCUT2D eigenvalue weighted by atomic mass is 79.9. The van der Waals surface area contributed by atoms with Gasteiger partial charge in [0, 0.05) is 29.5 Å². The second kappa shape index (κ2) is 5.96. The number of hydrogen-bond donors (Lipinski definition) is 0. The molecule has 1 aromatic carbocycles. The predicted molar refractivity (Wildman–Crippen MR) is 71.1 cm³/mol. The molecular weight excluding hydrogens is 324 g/mol. The molecule has 0 spiro atoms. The van der Waals surface area contributed by atoms with Crippen molar-refractivity contribution >= 4 is 44.9 Å². The third-order valence-electron chi connectivity index (χ3n) is 1.97. The Bertz CT molecular complexity index is 519. The molecule has 0 N–H and O–H groups in total. The summed E-state index contributed by atoms with van der Waals surface area (Å²) in [5.74, 6) is 0. The molecule has 0 aliphatic heterocycles. The van der Waals surface area contributed by atoms with Gasteiger partial charge in [-0.25, -0.2) is 0 Å². The molecular formula is C10H9BrN2O4S. The number of hydrogen-bond acceptors (Lipinski definition) is 5. The molecule has 6 nitrogen and oxygen atoms in total. The number of nitro groups is 1. The minimum atomic E-state index is -0.652. The fraction of sp³-hybridized carbons (Fsp3) is 0.200. The number of benzene rings is 1. The van der Waals surface area contributed by atoms with Gasteiger partial charge in [-0.1, -0.05) is 0 Å². The first-order valence-electron chi connectivity index (χ1n) is 4.69. The van der Waals surface area contributed by atoms with Gasteiger partial charge in [-0.2, -0.15) is 0 Å². The number of amides is 1. The van der Waals surface area contributed by atoms with E-state index in [-0.39, 0.29) is 16.5 Å². The maximum absolute atomic E-state index is 11.5. The number of halogens is 1. The van der Waals surface area contributed by atoms with Crippen LogP contribution in [0.15, 0.2) is 21.5 Å². The van der Waals surface area contributed by atoms with Gasteiger partial charge in [0.2, 0.25) is 0 Å². The third-order valence-corrected chi connectivity index (χ3v) is 3.98. The fourth-order valence-electron chi connectivity index (χ4n) is 1.07. The van der Waals surface area contributed by atoms with E-state index in [0.29, 0.717) is 15.7 Å². The second-order valence-corrected chi connectivity index (χ2v) is 5.33. The van der Waals surface area contributed by atoms with Crippen LogP contribution in [0.25, 0.3) is 0 Å². The highest BCUT2D eigenvalue weighted by Crippen LogP contribution is 2.34. The summed E-state index contributed by atoms with van der Waals surface area (Å²) in [6.45, 7) is 0. The molecule has 0 heterocycles. The molecule has 0 fully saturated rings. The average Bonchev–Trinajstić information content (AvgIpc) is 2.30. The Hall–Kier alpha value is -1.41. The second-order valence-electron chi connectivity index (χ2n) is 3.48. The summed E-state index contributed by atoms with van der Waals surface area (Å²) in [7, 11) is 3.16. The van der Waals surface area contributed by atoms with Gasteiger partial charge >= 0.3 is 0 Å². The minimum absolute atomic E-state index is 0.0338.